The molecule has 0 aliphatic carbocycles. The van der Waals surface area contributed by atoms with Crippen LogP contribution in [-0.2, 0) is 14.9 Å². The lowest BCUT2D eigenvalue weighted by atomic mass is 9.74. The molecule has 0 radical (unpaired) electrons. The summed E-state index contributed by atoms with van der Waals surface area (Å²) in [5.41, 5.74) is 6.50. The normalized spacial score (nSPS) is 19.8. The Labute approximate surface area is 147 Å². The maximum absolute atomic E-state index is 12.5. The van der Waals surface area contributed by atoms with E-state index in [0.29, 0.717) is 13.0 Å². The van der Waals surface area contributed by atoms with Crippen LogP contribution in [0.1, 0.15) is 45.1 Å². The van der Waals surface area contributed by atoms with E-state index in [1.54, 1.807) is 0 Å². The number of carbonyl (C=O) groups excluding carboxylic acids is 1. The van der Waals surface area contributed by atoms with Crippen LogP contribution in [0, 0.1) is 0 Å². The molecule has 1 fully saturated rings. The predicted octanol–water partition coefficient (Wildman–Crippen LogP) is 3.13. The summed E-state index contributed by atoms with van der Waals surface area (Å²) in [4.78, 5) is 12.5. The van der Waals surface area contributed by atoms with E-state index in [-0.39, 0.29) is 11.3 Å². The Bertz CT molecular complexity index is 540. The average Bonchev–Trinajstić information content (AvgIpc) is 2.53. The molecule has 3 N–H and O–H groups in total. The summed E-state index contributed by atoms with van der Waals surface area (Å²) < 4.78 is 6.60. The Morgan fingerprint density at radius 3 is 2.74 bits per heavy atom. The molecule has 1 aliphatic rings. The summed E-state index contributed by atoms with van der Waals surface area (Å²) in [5.74, 6) is -0.0692. The van der Waals surface area contributed by atoms with Crippen molar-refractivity contribution >= 4 is 21.8 Å². The van der Waals surface area contributed by atoms with Crippen LogP contribution in [0.2, 0.25) is 0 Å². The molecule has 128 valence electrons. The minimum atomic E-state index is -0.807. The number of nitrogens with two attached hydrogens (primary N) is 1. The molecule has 23 heavy (non-hydrogen) atoms. The van der Waals surface area contributed by atoms with Gasteiger partial charge in [-0.05, 0) is 43.9 Å². The fourth-order valence-corrected chi connectivity index (χ4v) is 3.63. The maximum Gasteiger partial charge on any atom is 0.239 e. The van der Waals surface area contributed by atoms with Gasteiger partial charge < -0.3 is 15.8 Å². The number of amides is 1. The molecule has 0 spiro atoms. The zero-order chi connectivity index (χ0) is 16.9. The fraction of sp³-hybridized carbons (Fsp3) is 0.611. The third-order valence-corrected chi connectivity index (χ3v) is 5.26. The number of ether oxygens (including phenoxy) is 1. The number of rotatable bonds is 6. The first-order valence-corrected chi connectivity index (χ1v) is 9.10. The van der Waals surface area contributed by atoms with Gasteiger partial charge in [-0.3, -0.25) is 4.79 Å². The largest absolute Gasteiger partial charge is 0.381 e. The van der Waals surface area contributed by atoms with Crippen LogP contribution < -0.4 is 11.1 Å². The fourth-order valence-electron chi connectivity index (χ4n) is 3.23. The number of hydrogen-bond donors (Lipinski definition) is 2. The molecule has 2 rings (SSSR count). The molecular formula is C18H27BrN2O2. The summed E-state index contributed by atoms with van der Waals surface area (Å²) in [7, 11) is 0. The van der Waals surface area contributed by atoms with Gasteiger partial charge in [-0.25, -0.2) is 0 Å². The van der Waals surface area contributed by atoms with Crippen LogP contribution in [0.5, 0.6) is 0 Å². The highest BCUT2D eigenvalue weighted by Gasteiger charge is 2.36. The van der Waals surface area contributed by atoms with Crippen molar-refractivity contribution in [2.45, 2.75) is 50.5 Å². The van der Waals surface area contributed by atoms with Gasteiger partial charge in [0.15, 0.2) is 0 Å². The van der Waals surface area contributed by atoms with Gasteiger partial charge in [0.25, 0.3) is 0 Å². The van der Waals surface area contributed by atoms with Crippen molar-refractivity contribution in [1.29, 1.82) is 0 Å². The molecular weight excluding hydrogens is 356 g/mol. The highest BCUT2D eigenvalue weighted by Crippen LogP contribution is 2.35. The number of nitrogens with one attached hydrogen (secondary N) is 1. The van der Waals surface area contributed by atoms with E-state index < -0.39 is 5.54 Å². The summed E-state index contributed by atoms with van der Waals surface area (Å²) in [5, 5.41) is 3.10. The third kappa shape index (κ3) is 4.55. The average molecular weight is 383 g/mol. The van der Waals surface area contributed by atoms with Gasteiger partial charge in [-0.2, -0.15) is 0 Å². The Hall–Kier alpha value is -0.910. The van der Waals surface area contributed by atoms with E-state index in [4.69, 9.17) is 10.5 Å². The van der Waals surface area contributed by atoms with Crippen LogP contribution >= 0.6 is 15.9 Å². The van der Waals surface area contributed by atoms with Crippen LogP contribution in [-0.4, -0.2) is 31.2 Å². The molecule has 1 aromatic rings. The van der Waals surface area contributed by atoms with Gasteiger partial charge in [0, 0.05) is 29.6 Å². The van der Waals surface area contributed by atoms with E-state index in [1.807, 2.05) is 26.0 Å². The number of halogens is 1. The zero-order valence-electron chi connectivity index (χ0n) is 14.0. The third-order valence-electron chi connectivity index (χ3n) is 4.76. The first-order chi connectivity index (χ1) is 10.9. The minimum absolute atomic E-state index is 0.0692. The van der Waals surface area contributed by atoms with Gasteiger partial charge in [0.05, 0.1) is 5.54 Å². The highest BCUT2D eigenvalue weighted by molar-refractivity contribution is 9.10. The molecule has 1 aromatic carbocycles. The summed E-state index contributed by atoms with van der Waals surface area (Å²) >= 11 is 3.55. The van der Waals surface area contributed by atoms with Gasteiger partial charge in [-0.1, -0.05) is 41.4 Å². The molecule has 0 aromatic heterocycles. The van der Waals surface area contributed by atoms with Crippen molar-refractivity contribution in [3.05, 3.63) is 34.3 Å². The molecule has 1 amide bonds. The maximum atomic E-state index is 12.5. The number of hydrogen-bond acceptors (Lipinski definition) is 3. The lowest BCUT2D eigenvalue weighted by Crippen LogP contribution is -2.55. The van der Waals surface area contributed by atoms with Crippen molar-refractivity contribution in [3.63, 3.8) is 0 Å². The van der Waals surface area contributed by atoms with E-state index >= 15 is 0 Å². The Kier molecular flexibility index (Phi) is 6.23. The van der Waals surface area contributed by atoms with Gasteiger partial charge in [-0.15, -0.1) is 0 Å². The second-order valence-electron chi connectivity index (χ2n) is 6.75. The SMILES string of the molecule is CCCC(C)(N)C(=O)NCC1(c2cccc(Br)c2)CCOCC1. The Morgan fingerprint density at radius 1 is 1.43 bits per heavy atom. The van der Waals surface area contributed by atoms with E-state index in [1.165, 1.54) is 5.56 Å². The molecule has 1 heterocycles. The molecule has 5 heteroatoms. The molecule has 0 bridgehead atoms. The lowest BCUT2D eigenvalue weighted by molar-refractivity contribution is -0.126. The Morgan fingerprint density at radius 2 is 2.13 bits per heavy atom. The van der Waals surface area contributed by atoms with Crippen LogP contribution in [0.15, 0.2) is 28.7 Å². The van der Waals surface area contributed by atoms with Crippen molar-refractivity contribution < 1.29 is 9.53 Å². The molecule has 4 nitrogen and oxygen atoms in total. The van der Waals surface area contributed by atoms with Crippen molar-refractivity contribution in [1.82, 2.24) is 5.32 Å². The molecule has 0 saturated carbocycles. The van der Waals surface area contributed by atoms with Crippen molar-refractivity contribution in [2.75, 3.05) is 19.8 Å². The lowest BCUT2D eigenvalue weighted by Gasteiger charge is -2.39. The predicted molar refractivity (Wildman–Crippen MR) is 96.4 cm³/mol. The second kappa shape index (κ2) is 7.77. The highest BCUT2D eigenvalue weighted by atomic mass is 79.9. The number of benzene rings is 1. The first kappa shape index (κ1) is 18.4. The van der Waals surface area contributed by atoms with E-state index in [9.17, 15) is 4.79 Å². The molecule has 1 aliphatic heterocycles. The van der Waals surface area contributed by atoms with Gasteiger partial charge in [0.2, 0.25) is 5.91 Å². The molecule has 1 saturated heterocycles. The van der Waals surface area contributed by atoms with Crippen LogP contribution in [0.25, 0.3) is 0 Å². The molecule has 1 unspecified atom stereocenters. The van der Waals surface area contributed by atoms with Crippen LogP contribution in [0.4, 0.5) is 0 Å². The van der Waals surface area contributed by atoms with Gasteiger partial charge in [0.1, 0.15) is 0 Å². The smallest absolute Gasteiger partial charge is 0.239 e. The summed E-state index contributed by atoms with van der Waals surface area (Å²) in [6.07, 6.45) is 3.38. The van der Waals surface area contributed by atoms with Crippen LogP contribution in [0.3, 0.4) is 0 Å². The quantitative estimate of drug-likeness (QED) is 0.793. The topological polar surface area (TPSA) is 64.4 Å². The summed E-state index contributed by atoms with van der Waals surface area (Å²) in [6, 6.07) is 8.34. The van der Waals surface area contributed by atoms with E-state index in [2.05, 4.69) is 33.4 Å². The number of carbonyl (C=O) groups is 1. The van der Waals surface area contributed by atoms with E-state index in [0.717, 1.165) is 36.9 Å². The second-order valence-corrected chi connectivity index (χ2v) is 7.67. The minimum Gasteiger partial charge on any atom is -0.381 e. The van der Waals surface area contributed by atoms with Gasteiger partial charge >= 0.3 is 0 Å². The molecule has 1 atom stereocenters. The van der Waals surface area contributed by atoms with Crippen molar-refractivity contribution in [3.8, 4) is 0 Å². The Balaban J connectivity index is 2.15. The summed E-state index contributed by atoms with van der Waals surface area (Å²) in [6.45, 7) is 5.89. The standard InChI is InChI=1S/C18H27BrN2O2/c1-3-7-17(2,20)16(22)21-13-18(8-10-23-11-9-18)14-5-4-6-15(19)12-14/h4-6,12H,3,7-11,13,20H2,1-2H3,(H,21,22). The van der Waals surface area contributed by atoms with Crippen molar-refractivity contribution in [2.24, 2.45) is 5.73 Å². The zero-order valence-corrected chi connectivity index (χ0v) is 15.6. The first-order valence-electron chi connectivity index (χ1n) is 8.31. The monoisotopic (exact) mass is 382 g/mol.